The van der Waals surface area contributed by atoms with Crippen molar-refractivity contribution in [1.29, 1.82) is 0 Å². The summed E-state index contributed by atoms with van der Waals surface area (Å²) in [6, 6.07) is 1.76. The monoisotopic (exact) mass is 301 g/mol. The zero-order valence-corrected chi connectivity index (χ0v) is 11.6. The molecule has 1 aromatic heterocycles. The van der Waals surface area contributed by atoms with Crippen LogP contribution >= 0.6 is 0 Å². The molecule has 2 rings (SSSR count). The summed E-state index contributed by atoms with van der Waals surface area (Å²) in [6.45, 7) is 2.28. The van der Waals surface area contributed by atoms with Crippen LogP contribution < -0.4 is 5.32 Å². The summed E-state index contributed by atoms with van der Waals surface area (Å²) in [5, 5.41) is 6.97. The van der Waals surface area contributed by atoms with Gasteiger partial charge in [-0.1, -0.05) is 6.92 Å². The third-order valence-corrected chi connectivity index (χ3v) is 3.10. The van der Waals surface area contributed by atoms with E-state index in [9.17, 15) is 17.6 Å². The highest BCUT2D eigenvalue weighted by atomic mass is 19.4. The largest absolute Gasteiger partial charge is 0.416 e. The molecule has 0 saturated heterocycles. The molecule has 0 fully saturated rings. The van der Waals surface area contributed by atoms with E-state index >= 15 is 0 Å². The molecule has 0 radical (unpaired) electrons. The van der Waals surface area contributed by atoms with Gasteiger partial charge in [0.1, 0.15) is 5.82 Å². The smallest absolute Gasteiger partial charge is 0.306 e. The van der Waals surface area contributed by atoms with Gasteiger partial charge in [0.05, 0.1) is 17.8 Å². The van der Waals surface area contributed by atoms with Gasteiger partial charge in [-0.2, -0.15) is 18.3 Å². The average molecular weight is 301 g/mol. The molecule has 7 heteroatoms. The van der Waals surface area contributed by atoms with Crippen molar-refractivity contribution in [2.24, 2.45) is 7.05 Å². The van der Waals surface area contributed by atoms with Gasteiger partial charge in [-0.25, -0.2) is 4.39 Å². The minimum Gasteiger partial charge on any atom is -0.306 e. The molecule has 0 bridgehead atoms. The van der Waals surface area contributed by atoms with Crippen molar-refractivity contribution in [3.8, 4) is 0 Å². The van der Waals surface area contributed by atoms with E-state index in [-0.39, 0.29) is 5.56 Å². The molecule has 0 spiro atoms. The van der Waals surface area contributed by atoms with Crippen molar-refractivity contribution in [2.45, 2.75) is 19.1 Å². The number of hydrogen-bond donors (Lipinski definition) is 1. The van der Waals surface area contributed by atoms with Crippen molar-refractivity contribution in [2.75, 3.05) is 6.54 Å². The zero-order chi connectivity index (χ0) is 15.6. The molecule has 0 aliphatic rings. The molecule has 1 heterocycles. The standard InChI is InChI=1S/C14H15F4N3/c1-3-19-13(9-7-20-21(2)8-9)11-6-10(14(16,17)18)4-5-12(11)15/h4-8,13,19H,3H2,1-2H3. The summed E-state index contributed by atoms with van der Waals surface area (Å²) in [4.78, 5) is 0. The molecular weight excluding hydrogens is 286 g/mol. The number of rotatable bonds is 4. The minimum absolute atomic E-state index is 0.0420. The third-order valence-electron chi connectivity index (χ3n) is 3.10. The zero-order valence-electron chi connectivity index (χ0n) is 11.6. The number of halogens is 4. The Hall–Kier alpha value is -1.89. The van der Waals surface area contributed by atoms with Crippen LogP contribution in [0.3, 0.4) is 0 Å². The number of hydrogen-bond acceptors (Lipinski definition) is 2. The fraction of sp³-hybridized carbons (Fsp3) is 0.357. The Bertz CT molecular complexity index is 619. The van der Waals surface area contributed by atoms with Crippen molar-refractivity contribution < 1.29 is 17.6 Å². The van der Waals surface area contributed by atoms with E-state index in [1.807, 2.05) is 0 Å². The number of nitrogens with one attached hydrogen (secondary N) is 1. The average Bonchev–Trinajstić information content (AvgIpc) is 2.82. The van der Waals surface area contributed by atoms with Gasteiger partial charge in [0.25, 0.3) is 0 Å². The van der Waals surface area contributed by atoms with Gasteiger partial charge in [0, 0.05) is 24.4 Å². The maximum atomic E-state index is 14.0. The van der Waals surface area contributed by atoms with E-state index in [0.717, 1.165) is 18.2 Å². The predicted octanol–water partition coefficient (Wildman–Crippen LogP) is 3.28. The molecule has 1 N–H and O–H groups in total. The highest BCUT2D eigenvalue weighted by molar-refractivity contribution is 5.35. The SMILES string of the molecule is CCNC(c1cnn(C)c1)c1cc(C(F)(F)F)ccc1F. The lowest BCUT2D eigenvalue weighted by atomic mass is 9.98. The lowest BCUT2D eigenvalue weighted by Gasteiger charge is -2.19. The van der Waals surface area contributed by atoms with E-state index in [0.29, 0.717) is 12.1 Å². The van der Waals surface area contributed by atoms with Gasteiger partial charge in [-0.15, -0.1) is 0 Å². The quantitative estimate of drug-likeness (QED) is 0.878. The first kappa shape index (κ1) is 15.5. The Morgan fingerprint density at radius 2 is 2.05 bits per heavy atom. The Kier molecular flexibility index (Phi) is 4.32. The number of aromatic nitrogens is 2. The predicted molar refractivity (Wildman–Crippen MR) is 70.1 cm³/mol. The molecule has 2 aromatic rings. The molecule has 1 aromatic carbocycles. The van der Waals surface area contributed by atoms with Gasteiger partial charge >= 0.3 is 6.18 Å². The Morgan fingerprint density at radius 3 is 2.57 bits per heavy atom. The van der Waals surface area contributed by atoms with Gasteiger partial charge in [-0.05, 0) is 24.7 Å². The Labute approximate surface area is 119 Å². The normalized spacial score (nSPS) is 13.4. The molecule has 21 heavy (non-hydrogen) atoms. The molecular formula is C14H15F4N3. The summed E-state index contributed by atoms with van der Waals surface area (Å²) in [7, 11) is 1.69. The highest BCUT2D eigenvalue weighted by Crippen LogP contribution is 2.33. The van der Waals surface area contributed by atoms with Gasteiger partial charge in [-0.3, -0.25) is 4.68 Å². The number of nitrogens with zero attached hydrogens (tertiary/aromatic N) is 2. The summed E-state index contributed by atoms with van der Waals surface area (Å²) in [6.07, 6.45) is -1.35. The molecule has 3 nitrogen and oxygen atoms in total. The minimum atomic E-state index is -4.51. The van der Waals surface area contributed by atoms with Crippen LogP contribution in [0.1, 0.15) is 29.7 Å². The van der Waals surface area contributed by atoms with E-state index < -0.39 is 23.6 Å². The first-order chi connectivity index (χ1) is 9.82. The number of benzene rings is 1. The lowest BCUT2D eigenvalue weighted by Crippen LogP contribution is -2.23. The molecule has 1 unspecified atom stereocenters. The molecule has 1 atom stereocenters. The molecule has 0 amide bonds. The lowest BCUT2D eigenvalue weighted by molar-refractivity contribution is -0.137. The van der Waals surface area contributed by atoms with Crippen LogP contribution in [0.2, 0.25) is 0 Å². The fourth-order valence-corrected chi connectivity index (χ4v) is 2.14. The topological polar surface area (TPSA) is 29.9 Å². The number of aryl methyl sites for hydroxylation is 1. The maximum absolute atomic E-state index is 14.0. The van der Waals surface area contributed by atoms with Crippen LogP contribution in [-0.2, 0) is 13.2 Å². The highest BCUT2D eigenvalue weighted by Gasteiger charge is 2.32. The first-order valence-electron chi connectivity index (χ1n) is 6.41. The van der Waals surface area contributed by atoms with E-state index in [1.54, 1.807) is 20.2 Å². The summed E-state index contributed by atoms with van der Waals surface area (Å²) < 4.78 is 53.9. The second-order valence-corrected chi connectivity index (χ2v) is 4.67. The molecule has 0 saturated carbocycles. The van der Waals surface area contributed by atoms with Crippen LogP contribution in [0, 0.1) is 5.82 Å². The van der Waals surface area contributed by atoms with Crippen molar-refractivity contribution >= 4 is 0 Å². The van der Waals surface area contributed by atoms with Gasteiger partial charge in [0.15, 0.2) is 0 Å². The van der Waals surface area contributed by atoms with Crippen molar-refractivity contribution in [3.63, 3.8) is 0 Å². The van der Waals surface area contributed by atoms with E-state index in [2.05, 4.69) is 10.4 Å². The van der Waals surface area contributed by atoms with E-state index in [4.69, 9.17) is 0 Å². The second-order valence-electron chi connectivity index (χ2n) is 4.67. The fourth-order valence-electron chi connectivity index (χ4n) is 2.14. The van der Waals surface area contributed by atoms with Gasteiger partial charge in [0.2, 0.25) is 0 Å². The van der Waals surface area contributed by atoms with Gasteiger partial charge < -0.3 is 5.32 Å². The van der Waals surface area contributed by atoms with Crippen molar-refractivity contribution in [3.05, 3.63) is 53.1 Å². The summed E-state index contributed by atoms with van der Waals surface area (Å²) >= 11 is 0. The van der Waals surface area contributed by atoms with Crippen molar-refractivity contribution in [1.82, 2.24) is 15.1 Å². The van der Waals surface area contributed by atoms with E-state index in [1.165, 1.54) is 10.9 Å². The first-order valence-corrected chi connectivity index (χ1v) is 6.41. The molecule has 0 aliphatic heterocycles. The second kappa shape index (κ2) is 5.85. The Balaban J connectivity index is 2.49. The third kappa shape index (κ3) is 3.41. The number of alkyl halides is 3. The summed E-state index contributed by atoms with van der Waals surface area (Å²) in [5.74, 6) is -0.683. The van der Waals surface area contributed by atoms with Crippen LogP contribution in [0.5, 0.6) is 0 Å². The van der Waals surface area contributed by atoms with Crippen LogP contribution in [0.15, 0.2) is 30.6 Å². The summed E-state index contributed by atoms with van der Waals surface area (Å²) in [5.41, 5.74) is -0.303. The molecule has 114 valence electrons. The van der Waals surface area contributed by atoms with Crippen LogP contribution in [0.25, 0.3) is 0 Å². The molecule has 0 aliphatic carbocycles. The maximum Gasteiger partial charge on any atom is 0.416 e. The Morgan fingerprint density at radius 1 is 1.33 bits per heavy atom. The van der Waals surface area contributed by atoms with Crippen LogP contribution in [0.4, 0.5) is 17.6 Å². The van der Waals surface area contributed by atoms with Crippen LogP contribution in [-0.4, -0.2) is 16.3 Å².